The van der Waals surface area contributed by atoms with Crippen LogP contribution in [0.1, 0.15) is 83.1 Å². The van der Waals surface area contributed by atoms with Crippen molar-refractivity contribution in [1.82, 2.24) is 0 Å². The van der Waals surface area contributed by atoms with E-state index in [-0.39, 0.29) is 23.5 Å². The molecule has 0 spiro atoms. The zero-order chi connectivity index (χ0) is 18.5. The Morgan fingerprint density at radius 2 is 1.12 bits per heavy atom. The molecule has 3 fully saturated rings. The fourth-order valence-corrected chi connectivity index (χ4v) is 42.2. The summed E-state index contributed by atoms with van der Waals surface area (Å²) in [6.07, 6.45) is 0. The Kier molecular flexibility index (Phi) is 3.31. The third kappa shape index (κ3) is 1.41. The second-order valence-electron chi connectivity index (χ2n) is 12.4. The Morgan fingerprint density at radius 1 is 0.667 bits per heavy atom. The van der Waals surface area contributed by atoms with Crippen molar-refractivity contribution in [1.29, 1.82) is 0 Å². The maximum atomic E-state index is 2.60. The van der Waals surface area contributed by atoms with Crippen LogP contribution in [-0.4, -0.2) is 19.5 Å². The Balaban J connectivity index is 1.99. The molecular weight excluding hydrogens is 364 g/mol. The van der Waals surface area contributed by atoms with Crippen molar-refractivity contribution < 1.29 is 0 Å². The van der Waals surface area contributed by atoms with Crippen LogP contribution < -0.4 is 0 Å². The largest absolute Gasteiger partial charge is 0.0690 e. The molecule has 0 aromatic carbocycles. The molecule has 0 bridgehead atoms. The molecule has 4 heterocycles. The lowest BCUT2D eigenvalue weighted by molar-refractivity contribution is 0.295. The van der Waals surface area contributed by atoms with Crippen LogP contribution in [0.2, 0.25) is 0 Å². The monoisotopic (exact) mass is 400 g/mol. The summed E-state index contributed by atoms with van der Waals surface area (Å²) in [5, 5.41) is 2.00. The van der Waals surface area contributed by atoms with Crippen LogP contribution in [0.5, 0.6) is 0 Å². The molecule has 0 N–H and O–H groups in total. The number of hydrogen-bond donors (Lipinski definition) is 0. The molecule has 4 aliphatic rings. The molecule has 0 nitrogen and oxygen atoms in total. The first-order chi connectivity index (χ1) is 10.5. The average Bonchev–Trinajstić information content (AvgIpc) is 2.56. The molecule has 3 saturated heterocycles. The van der Waals surface area contributed by atoms with Crippen LogP contribution in [0.4, 0.5) is 0 Å². The van der Waals surface area contributed by atoms with Crippen molar-refractivity contribution >= 4 is 36.4 Å². The highest BCUT2D eigenvalue weighted by Gasteiger charge is 3.12. The molecule has 3 unspecified atom stereocenters. The fourth-order valence-electron chi connectivity index (χ4n) is 6.36. The van der Waals surface area contributed by atoms with E-state index >= 15 is 0 Å². The van der Waals surface area contributed by atoms with Gasteiger partial charge < -0.3 is 0 Å². The van der Waals surface area contributed by atoms with Gasteiger partial charge in [-0.25, -0.2) is 0 Å². The van der Waals surface area contributed by atoms with Crippen molar-refractivity contribution in [3.8, 4) is 0 Å². The van der Waals surface area contributed by atoms with E-state index in [2.05, 4.69) is 83.1 Å². The second-order valence-corrected chi connectivity index (χ2v) is 24.1. The summed E-state index contributed by atoms with van der Waals surface area (Å²) in [5.74, 6) is 0. The van der Waals surface area contributed by atoms with Crippen LogP contribution >= 0.6 is 31.3 Å². The minimum Gasteiger partial charge on any atom is -0.0690 e. The van der Waals surface area contributed by atoms with E-state index in [1.54, 1.807) is 0 Å². The van der Waals surface area contributed by atoms with Crippen LogP contribution in [-0.2, 0) is 0 Å². The van der Waals surface area contributed by atoms with E-state index in [1.165, 1.54) is 0 Å². The minimum absolute atomic E-state index is 0.0572. The van der Waals surface area contributed by atoms with Gasteiger partial charge in [0.05, 0.1) is 4.64 Å². The quantitative estimate of drug-likeness (QED) is 0.357. The van der Waals surface area contributed by atoms with Crippen molar-refractivity contribution in [2.45, 2.75) is 97.5 Å². The molecule has 0 aromatic heterocycles. The molecule has 0 radical (unpaired) electrons. The zero-order valence-corrected chi connectivity index (χ0v) is 21.4. The number of rotatable bonds is 0. The lowest BCUT2D eigenvalue weighted by Crippen LogP contribution is -2.48. The van der Waals surface area contributed by atoms with E-state index < -0.39 is 0 Å². The number of hydrogen-bond acceptors (Lipinski definition) is 0. The molecule has 136 valence electrons. The van der Waals surface area contributed by atoms with E-state index in [4.69, 9.17) is 0 Å². The summed E-state index contributed by atoms with van der Waals surface area (Å²) in [7, 11) is 2.23. The average molecular weight is 400 g/mol. The Morgan fingerprint density at radius 3 is 1.46 bits per heavy atom. The normalized spacial score (nSPS) is 49.8. The van der Waals surface area contributed by atoms with Gasteiger partial charge in [-0.15, -0.1) is 0 Å². The standard InChI is InChI=1S/C20H36P4/c1-14(2,3)13-21-24-19(16(7,8)9)18(15(4,5)6)22(13)20(24,23(18)19)17(10,11)12/h1-12H3/t18-,19-,20+,22?,23?,24?/m1/s1. The minimum atomic E-state index is 0.0572. The highest BCUT2D eigenvalue weighted by atomic mass is 32.0. The molecular formula is C20H36P4. The van der Waals surface area contributed by atoms with E-state index in [0.717, 1.165) is 14.4 Å². The Labute approximate surface area is 155 Å². The van der Waals surface area contributed by atoms with Crippen LogP contribution in [0.3, 0.4) is 0 Å². The lowest BCUT2D eigenvalue weighted by Gasteiger charge is -2.65. The number of fused-ring (bicyclic) bond motifs is 3. The van der Waals surface area contributed by atoms with E-state index in [1.807, 2.05) is 12.9 Å². The summed E-state index contributed by atoms with van der Waals surface area (Å²) in [4.78, 5) is 1.47. The van der Waals surface area contributed by atoms with Crippen molar-refractivity contribution in [2.75, 3.05) is 0 Å². The van der Waals surface area contributed by atoms with Gasteiger partial charge in [0.1, 0.15) is 0 Å². The fraction of sp³-hybridized carbons (Fsp3) is 0.950. The topological polar surface area (TPSA) is 0 Å². The summed E-state index contributed by atoms with van der Waals surface area (Å²) < 4.78 is 0.776. The van der Waals surface area contributed by atoms with Crippen molar-refractivity contribution in [3.05, 3.63) is 0 Å². The predicted molar refractivity (Wildman–Crippen MR) is 119 cm³/mol. The summed E-state index contributed by atoms with van der Waals surface area (Å²) in [6.45, 7) is 30.9. The van der Waals surface area contributed by atoms with E-state index in [9.17, 15) is 0 Å². The first kappa shape index (κ1) is 18.8. The third-order valence-electron chi connectivity index (χ3n) is 6.81. The summed E-state index contributed by atoms with van der Waals surface area (Å²) in [5.41, 5.74) is 1.90. The SMILES string of the molecule is CC(C)(C)C1=PP2[C@@]3(C(C)(C)C)P1[C@]1(C(C)(C)C)P3[C@]21C(C)(C)C. The maximum absolute atomic E-state index is 2.60. The molecule has 0 aliphatic carbocycles. The summed E-state index contributed by atoms with van der Waals surface area (Å²) >= 11 is 0. The molecule has 4 rings (SSSR count). The first-order valence-corrected chi connectivity index (χ1v) is 15.1. The van der Waals surface area contributed by atoms with Gasteiger partial charge in [0.25, 0.3) is 0 Å². The van der Waals surface area contributed by atoms with Gasteiger partial charge in [0, 0.05) is 9.79 Å². The van der Waals surface area contributed by atoms with E-state index in [0.29, 0.717) is 21.7 Å². The van der Waals surface area contributed by atoms with Gasteiger partial charge in [-0.1, -0.05) is 98.9 Å². The molecule has 6 atom stereocenters. The molecule has 24 heavy (non-hydrogen) atoms. The van der Waals surface area contributed by atoms with Crippen LogP contribution in [0.25, 0.3) is 0 Å². The molecule has 0 amide bonds. The van der Waals surface area contributed by atoms with Gasteiger partial charge in [-0.05, 0) is 42.2 Å². The van der Waals surface area contributed by atoms with Crippen LogP contribution in [0.15, 0.2) is 0 Å². The Bertz CT molecular complexity index is 666. The lowest BCUT2D eigenvalue weighted by atomic mass is 9.80. The van der Waals surface area contributed by atoms with Crippen molar-refractivity contribution in [3.63, 3.8) is 0 Å². The van der Waals surface area contributed by atoms with Crippen molar-refractivity contribution in [2.24, 2.45) is 21.7 Å². The van der Waals surface area contributed by atoms with Gasteiger partial charge in [0.15, 0.2) is 0 Å². The van der Waals surface area contributed by atoms with Gasteiger partial charge in [-0.2, -0.15) is 0 Å². The second kappa shape index (κ2) is 4.22. The van der Waals surface area contributed by atoms with Gasteiger partial charge >= 0.3 is 0 Å². The summed E-state index contributed by atoms with van der Waals surface area (Å²) in [6, 6.07) is 0. The highest BCUT2D eigenvalue weighted by Crippen LogP contribution is 3.38. The van der Waals surface area contributed by atoms with Gasteiger partial charge in [-0.3, -0.25) is 0 Å². The maximum Gasteiger partial charge on any atom is 0.0504 e. The molecule has 4 aliphatic heterocycles. The molecule has 0 saturated carbocycles. The third-order valence-corrected chi connectivity index (χ3v) is 31.5. The highest BCUT2D eigenvalue weighted by molar-refractivity contribution is 8.51. The smallest absolute Gasteiger partial charge is 0.0504 e. The molecule has 4 heteroatoms. The predicted octanol–water partition coefficient (Wildman–Crippen LogP) is 8.71. The molecule has 0 aromatic rings. The zero-order valence-electron chi connectivity index (χ0n) is 17.8. The first-order valence-electron chi connectivity index (χ1n) is 9.46. The van der Waals surface area contributed by atoms with Crippen LogP contribution in [0, 0.1) is 21.7 Å². The Hall–Kier alpha value is 1.46. The van der Waals surface area contributed by atoms with Gasteiger partial charge in [0.2, 0.25) is 0 Å².